The highest BCUT2D eigenvalue weighted by atomic mass is 32.1. The van der Waals surface area contributed by atoms with Crippen LogP contribution in [-0.2, 0) is 17.9 Å². The number of aromatic nitrogens is 2. The average Bonchev–Trinajstić information content (AvgIpc) is 3.15. The van der Waals surface area contributed by atoms with Crippen molar-refractivity contribution in [3.8, 4) is 0 Å². The van der Waals surface area contributed by atoms with Crippen molar-refractivity contribution in [3.05, 3.63) is 59.4 Å². The molecule has 0 atom stereocenters. The second-order valence-electron chi connectivity index (χ2n) is 6.59. The Labute approximate surface area is 162 Å². The second kappa shape index (κ2) is 8.45. The van der Waals surface area contributed by atoms with Crippen LogP contribution >= 0.6 is 11.3 Å². The van der Waals surface area contributed by atoms with Crippen LogP contribution in [0.1, 0.15) is 23.4 Å². The highest BCUT2D eigenvalue weighted by Gasteiger charge is 2.23. The Morgan fingerprint density at radius 3 is 2.85 bits per heavy atom. The van der Waals surface area contributed by atoms with Gasteiger partial charge in [-0.3, -0.25) is 4.98 Å². The number of pyridine rings is 1. The first-order valence-corrected chi connectivity index (χ1v) is 9.97. The molecule has 1 aliphatic rings. The fourth-order valence-corrected chi connectivity index (χ4v) is 4.09. The minimum absolute atomic E-state index is 0.0278. The number of piperidine rings is 1. The Kier molecular flexibility index (Phi) is 5.60. The number of carbonyl (C=O) groups excluding carboxylic acids is 1. The van der Waals surface area contributed by atoms with E-state index in [1.54, 1.807) is 17.5 Å². The first-order chi connectivity index (χ1) is 13.3. The third-order valence-electron chi connectivity index (χ3n) is 4.67. The third kappa shape index (κ3) is 4.61. The minimum atomic E-state index is -0.0278. The topological polar surface area (TPSA) is 67.4 Å². The Bertz CT molecular complexity index is 858. The lowest BCUT2D eigenvalue weighted by molar-refractivity contribution is 0.00434. The maximum absolute atomic E-state index is 12.4. The van der Waals surface area contributed by atoms with Gasteiger partial charge in [0.15, 0.2) is 0 Å². The van der Waals surface area contributed by atoms with Gasteiger partial charge < -0.3 is 15.0 Å². The van der Waals surface area contributed by atoms with E-state index in [0.717, 1.165) is 33.6 Å². The van der Waals surface area contributed by atoms with Crippen molar-refractivity contribution in [2.24, 2.45) is 0 Å². The van der Waals surface area contributed by atoms with Crippen molar-refractivity contribution in [2.45, 2.75) is 32.1 Å². The molecule has 0 bridgehead atoms. The zero-order chi connectivity index (χ0) is 18.5. The van der Waals surface area contributed by atoms with Crippen LogP contribution in [0.2, 0.25) is 0 Å². The molecule has 2 aromatic heterocycles. The van der Waals surface area contributed by atoms with Crippen molar-refractivity contribution in [3.63, 3.8) is 0 Å². The number of benzene rings is 1. The van der Waals surface area contributed by atoms with Crippen LogP contribution in [-0.4, -0.2) is 40.1 Å². The first kappa shape index (κ1) is 17.9. The third-order valence-corrected chi connectivity index (χ3v) is 5.70. The van der Waals surface area contributed by atoms with Gasteiger partial charge in [-0.15, -0.1) is 11.3 Å². The number of likely N-dealkylation sites (tertiary alicyclic amines) is 1. The molecule has 27 heavy (non-hydrogen) atoms. The van der Waals surface area contributed by atoms with E-state index < -0.39 is 0 Å². The van der Waals surface area contributed by atoms with Gasteiger partial charge in [0, 0.05) is 25.5 Å². The summed E-state index contributed by atoms with van der Waals surface area (Å²) in [6.45, 7) is 2.46. The lowest BCUT2D eigenvalue weighted by Crippen LogP contribution is -2.45. The van der Waals surface area contributed by atoms with Crippen LogP contribution in [0.4, 0.5) is 4.79 Å². The van der Waals surface area contributed by atoms with Crippen molar-refractivity contribution < 1.29 is 9.53 Å². The van der Waals surface area contributed by atoms with Gasteiger partial charge in [0.05, 0.1) is 29.5 Å². The predicted molar refractivity (Wildman–Crippen MR) is 105 cm³/mol. The summed E-state index contributed by atoms with van der Waals surface area (Å²) in [5.41, 5.74) is 2.06. The van der Waals surface area contributed by atoms with Gasteiger partial charge in [-0.05, 0) is 36.6 Å². The van der Waals surface area contributed by atoms with Crippen LogP contribution in [0.15, 0.2) is 48.8 Å². The van der Waals surface area contributed by atoms with Crippen molar-refractivity contribution in [1.82, 2.24) is 20.2 Å². The molecule has 0 unspecified atom stereocenters. The normalized spacial score (nSPS) is 15.2. The Hall–Kier alpha value is -2.51. The number of urea groups is 1. The summed E-state index contributed by atoms with van der Waals surface area (Å²) in [4.78, 5) is 22.9. The largest absolute Gasteiger partial charge is 0.373 e. The van der Waals surface area contributed by atoms with E-state index in [9.17, 15) is 4.79 Å². The number of nitrogens with zero attached hydrogens (tertiary/aromatic N) is 3. The minimum Gasteiger partial charge on any atom is -0.373 e. The monoisotopic (exact) mass is 382 g/mol. The molecule has 3 heterocycles. The summed E-state index contributed by atoms with van der Waals surface area (Å²) >= 11 is 1.62. The van der Waals surface area contributed by atoms with Gasteiger partial charge in [0.25, 0.3) is 0 Å². The van der Waals surface area contributed by atoms with Crippen LogP contribution in [0.3, 0.4) is 0 Å². The summed E-state index contributed by atoms with van der Waals surface area (Å²) in [7, 11) is 0. The van der Waals surface area contributed by atoms with Gasteiger partial charge in [-0.25, -0.2) is 9.78 Å². The van der Waals surface area contributed by atoms with Crippen LogP contribution in [0.5, 0.6) is 0 Å². The molecule has 0 saturated carbocycles. The molecule has 7 heteroatoms. The summed E-state index contributed by atoms with van der Waals surface area (Å²) in [5, 5.41) is 3.92. The SMILES string of the molecule is O=C(NCc1nc2ccccc2s1)N1CCC(OCc2cccnc2)CC1. The van der Waals surface area contributed by atoms with Crippen LogP contribution < -0.4 is 5.32 Å². The standard InChI is InChI=1S/C20H22N4O2S/c25-20(22-13-19-23-17-5-1-2-6-18(17)27-19)24-10-7-16(8-11-24)26-14-15-4-3-9-21-12-15/h1-6,9,12,16H,7-8,10-11,13-14H2,(H,22,25). The molecular weight excluding hydrogens is 360 g/mol. The average molecular weight is 382 g/mol. The van der Waals surface area contributed by atoms with Crippen LogP contribution in [0.25, 0.3) is 10.2 Å². The second-order valence-corrected chi connectivity index (χ2v) is 7.71. The Balaban J connectivity index is 1.21. The Morgan fingerprint density at radius 2 is 2.07 bits per heavy atom. The van der Waals surface area contributed by atoms with Gasteiger partial charge in [0.2, 0.25) is 0 Å². The van der Waals surface area contributed by atoms with Crippen molar-refractivity contribution in [1.29, 1.82) is 0 Å². The zero-order valence-electron chi connectivity index (χ0n) is 15.0. The highest BCUT2D eigenvalue weighted by molar-refractivity contribution is 7.18. The number of hydrogen-bond donors (Lipinski definition) is 1. The van der Waals surface area contributed by atoms with E-state index in [1.807, 2.05) is 41.4 Å². The fourth-order valence-electron chi connectivity index (χ4n) is 3.18. The molecule has 0 spiro atoms. The van der Waals surface area contributed by atoms with E-state index in [0.29, 0.717) is 26.2 Å². The quantitative estimate of drug-likeness (QED) is 0.732. The van der Waals surface area contributed by atoms with E-state index in [2.05, 4.69) is 21.4 Å². The van der Waals surface area contributed by atoms with Gasteiger partial charge in [-0.1, -0.05) is 18.2 Å². The zero-order valence-corrected chi connectivity index (χ0v) is 15.8. The molecule has 1 N–H and O–H groups in total. The summed E-state index contributed by atoms with van der Waals surface area (Å²) in [6, 6.07) is 11.9. The fraction of sp³-hybridized carbons (Fsp3) is 0.350. The number of rotatable bonds is 5. The molecule has 4 rings (SSSR count). The molecule has 1 aliphatic heterocycles. The van der Waals surface area contributed by atoms with Crippen LogP contribution in [0, 0.1) is 0 Å². The number of fused-ring (bicyclic) bond motifs is 1. The smallest absolute Gasteiger partial charge is 0.317 e. The number of para-hydroxylation sites is 1. The summed E-state index contributed by atoms with van der Waals surface area (Å²) < 4.78 is 7.10. The maximum atomic E-state index is 12.4. The van der Waals surface area contributed by atoms with Gasteiger partial charge >= 0.3 is 6.03 Å². The molecular formula is C20H22N4O2S. The summed E-state index contributed by atoms with van der Waals surface area (Å²) in [6.07, 6.45) is 5.49. The van der Waals surface area contributed by atoms with Crippen molar-refractivity contribution in [2.75, 3.05) is 13.1 Å². The number of amides is 2. The molecule has 140 valence electrons. The molecule has 0 radical (unpaired) electrons. The molecule has 2 amide bonds. The molecule has 1 saturated heterocycles. The van der Waals surface area contributed by atoms with Gasteiger partial charge in [-0.2, -0.15) is 0 Å². The molecule has 0 aliphatic carbocycles. The van der Waals surface area contributed by atoms with Gasteiger partial charge in [0.1, 0.15) is 5.01 Å². The lowest BCUT2D eigenvalue weighted by Gasteiger charge is -2.31. The number of thiazole rings is 1. The predicted octanol–water partition coefficient (Wildman–Crippen LogP) is 3.58. The molecule has 1 fully saturated rings. The van der Waals surface area contributed by atoms with E-state index in [1.165, 1.54) is 0 Å². The van der Waals surface area contributed by atoms with Crippen molar-refractivity contribution >= 4 is 27.6 Å². The maximum Gasteiger partial charge on any atom is 0.317 e. The number of hydrogen-bond acceptors (Lipinski definition) is 5. The van der Waals surface area contributed by atoms with E-state index in [4.69, 9.17) is 4.74 Å². The number of ether oxygens (including phenoxy) is 1. The Morgan fingerprint density at radius 1 is 1.22 bits per heavy atom. The molecule has 3 aromatic rings. The molecule has 1 aromatic carbocycles. The summed E-state index contributed by atoms with van der Waals surface area (Å²) in [5.74, 6) is 0. The number of nitrogens with one attached hydrogen (secondary N) is 1. The van der Waals surface area contributed by atoms with E-state index in [-0.39, 0.29) is 12.1 Å². The highest BCUT2D eigenvalue weighted by Crippen LogP contribution is 2.21. The number of carbonyl (C=O) groups is 1. The molecule has 6 nitrogen and oxygen atoms in total. The lowest BCUT2D eigenvalue weighted by atomic mass is 10.1. The first-order valence-electron chi connectivity index (χ1n) is 9.15. The van der Waals surface area contributed by atoms with E-state index >= 15 is 0 Å².